The Balaban J connectivity index is 2.57. The SMILES string of the molecule is CC(=O)NCC(C)(C)NCC(O)c1cc(Cl)cc(Cl)c1. The number of hydrogen-bond donors (Lipinski definition) is 3. The molecule has 1 amide bonds. The zero-order valence-corrected chi connectivity index (χ0v) is 13.3. The quantitative estimate of drug-likeness (QED) is 0.755. The largest absolute Gasteiger partial charge is 0.387 e. The van der Waals surface area contributed by atoms with E-state index in [1.807, 2.05) is 13.8 Å². The molecular formula is C14H20Cl2N2O2. The minimum absolute atomic E-state index is 0.0814. The average Bonchev–Trinajstić information content (AvgIpc) is 2.32. The van der Waals surface area contributed by atoms with Crippen LogP contribution in [0.4, 0.5) is 0 Å². The minimum Gasteiger partial charge on any atom is -0.387 e. The number of amides is 1. The lowest BCUT2D eigenvalue weighted by atomic mass is 10.0. The topological polar surface area (TPSA) is 61.4 Å². The highest BCUT2D eigenvalue weighted by Gasteiger charge is 2.19. The molecule has 3 N–H and O–H groups in total. The highest BCUT2D eigenvalue weighted by atomic mass is 35.5. The van der Waals surface area contributed by atoms with Crippen LogP contribution in [0.1, 0.15) is 32.4 Å². The lowest BCUT2D eigenvalue weighted by Crippen LogP contribution is -2.49. The smallest absolute Gasteiger partial charge is 0.216 e. The molecule has 0 aromatic heterocycles. The van der Waals surface area contributed by atoms with Crippen LogP contribution < -0.4 is 10.6 Å². The maximum atomic E-state index is 10.9. The second-order valence-corrected chi connectivity index (χ2v) is 6.27. The van der Waals surface area contributed by atoms with Gasteiger partial charge in [0.2, 0.25) is 5.91 Å². The third-order valence-electron chi connectivity index (χ3n) is 2.82. The average molecular weight is 319 g/mol. The molecule has 0 spiro atoms. The van der Waals surface area contributed by atoms with Gasteiger partial charge in [-0.25, -0.2) is 0 Å². The minimum atomic E-state index is -0.720. The van der Waals surface area contributed by atoms with Gasteiger partial charge in [0.25, 0.3) is 0 Å². The summed E-state index contributed by atoms with van der Waals surface area (Å²) in [6, 6.07) is 4.98. The van der Waals surface area contributed by atoms with Crippen molar-refractivity contribution < 1.29 is 9.90 Å². The van der Waals surface area contributed by atoms with Gasteiger partial charge in [0.1, 0.15) is 0 Å². The van der Waals surface area contributed by atoms with Crippen molar-refractivity contribution in [1.29, 1.82) is 0 Å². The van der Waals surface area contributed by atoms with E-state index >= 15 is 0 Å². The number of aliphatic hydroxyl groups excluding tert-OH is 1. The normalized spacial score (nSPS) is 13.1. The van der Waals surface area contributed by atoms with E-state index in [1.165, 1.54) is 6.92 Å². The number of carbonyl (C=O) groups excluding carboxylic acids is 1. The van der Waals surface area contributed by atoms with E-state index in [4.69, 9.17) is 23.2 Å². The van der Waals surface area contributed by atoms with Crippen LogP contribution in [0, 0.1) is 0 Å². The standard InChI is InChI=1S/C14H20Cl2N2O2/c1-9(19)17-8-14(2,3)18-7-13(20)10-4-11(15)6-12(16)5-10/h4-6,13,18,20H,7-8H2,1-3H3,(H,17,19). The predicted octanol–water partition coefficient (Wildman–Crippen LogP) is 2.53. The van der Waals surface area contributed by atoms with E-state index in [9.17, 15) is 9.90 Å². The van der Waals surface area contributed by atoms with Crippen molar-refractivity contribution in [2.24, 2.45) is 0 Å². The first-order chi connectivity index (χ1) is 9.19. The van der Waals surface area contributed by atoms with Gasteiger partial charge in [-0.05, 0) is 37.6 Å². The van der Waals surface area contributed by atoms with Crippen LogP contribution in [-0.4, -0.2) is 29.6 Å². The molecule has 1 atom stereocenters. The fraction of sp³-hybridized carbons (Fsp3) is 0.500. The van der Waals surface area contributed by atoms with Crippen LogP contribution in [0.3, 0.4) is 0 Å². The van der Waals surface area contributed by atoms with E-state index in [0.717, 1.165) is 0 Å². The summed E-state index contributed by atoms with van der Waals surface area (Å²) in [5.41, 5.74) is 0.333. The summed E-state index contributed by atoms with van der Waals surface area (Å²) in [6.45, 7) is 6.18. The van der Waals surface area contributed by atoms with E-state index < -0.39 is 6.10 Å². The van der Waals surface area contributed by atoms with Crippen molar-refractivity contribution in [3.05, 3.63) is 33.8 Å². The monoisotopic (exact) mass is 318 g/mol. The van der Waals surface area contributed by atoms with Gasteiger partial charge >= 0.3 is 0 Å². The van der Waals surface area contributed by atoms with Crippen molar-refractivity contribution in [3.8, 4) is 0 Å². The molecule has 0 aliphatic heterocycles. The van der Waals surface area contributed by atoms with Gasteiger partial charge in [0.05, 0.1) is 6.10 Å². The lowest BCUT2D eigenvalue weighted by Gasteiger charge is -2.28. The Kier molecular flexibility index (Phi) is 6.27. The third-order valence-corrected chi connectivity index (χ3v) is 3.26. The van der Waals surface area contributed by atoms with Gasteiger partial charge in [-0.1, -0.05) is 23.2 Å². The summed E-state index contributed by atoms with van der Waals surface area (Å²) in [7, 11) is 0. The summed E-state index contributed by atoms with van der Waals surface area (Å²) in [5, 5.41) is 17.1. The number of rotatable bonds is 6. The molecule has 1 aromatic rings. The zero-order valence-electron chi connectivity index (χ0n) is 11.8. The fourth-order valence-electron chi connectivity index (χ4n) is 1.67. The third kappa shape index (κ3) is 6.09. The van der Waals surface area contributed by atoms with Crippen molar-refractivity contribution in [1.82, 2.24) is 10.6 Å². The summed E-state index contributed by atoms with van der Waals surface area (Å²) >= 11 is 11.8. The Morgan fingerprint density at radius 3 is 2.35 bits per heavy atom. The summed E-state index contributed by atoms with van der Waals surface area (Å²) in [6.07, 6.45) is -0.720. The fourth-order valence-corrected chi connectivity index (χ4v) is 2.21. The molecule has 0 saturated carbocycles. The Hall–Kier alpha value is -0.810. The molecule has 1 unspecified atom stereocenters. The van der Waals surface area contributed by atoms with Crippen molar-refractivity contribution in [2.45, 2.75) is 32.4 Å². The first-order valence-electron chi connectivity index (χ1n) is 6.33. The van der Waals surface area contributed by atoms with Crippen LogP contribution >= 0.6 is 23.2 Å². The molecule has 0 aliphatic carbocycles. The molecule has 0 bridgehead atoms. The first kappa shape index (κ1) is 17.2. The van der Waals surface area contributed by atoms with Crippen LogP contribution in [0.2, 0.25) is 10.0 Å². The van der Waals surface area contributed by atoms with Crippen LogP contribution in [0.15, 0.2) is 18.2 Å². The van der Waals surface area contributed by atoms with Gasteiger partial charge in [-0.2, -0.15) is 0 Å². The molecule has 0 radical (unpaired) electrons. The zero-order chi connectivity index (χ0) is 15.3. The maximum absolute atomic E-state index is 10.9. The highest BCUT2D eigenvalue weighted by molar-refractivity contribution is 6.34. The summed E-state index contributed by atoms with van der Waals surface area (Å²) in [5.74, 6) is -0.0814. The molecule has 112 valence electrons. The molecule has 1 aromatic carbocycles. The van der Waals surface area contributed by atoms with Crippen LogP contribution in [0.5, 0.6) is 0 Å². The summed E-state index contributed by atoms with van der Waals surface area (Å²) < 4.78 is 0. The van der Waals surface area contributed by atoms with Crippen molar-refractivity contribution in [3.63, 3.8) is 0 Å². The van der Waals surface area contributed by atoms with E-state index in [1.54, 1.807) is 18.2 Å². The van der Waals surface area contributed by atoms with Crippen molar-refractivity contribution in [2.75, 3.05) is 13.1 Å². The second kappa shape index (κ2) is 7.27. The Morgan fingerprint density at radius 2 is 1.85 bits per heavy atom. The molecule has 0 fully saturated rings. The van der Waals surface area contributed by atoms with Gasteiger partial charge in [-0.15, -0.1) is 0 Å². The van der Waals surface area contributed by atoms with Crippen molar-refractivity contribution >= 4 is 29.1 Å². The van der Waals surface area contributed by atoms with E-state index in [2.05, 4.69) is 10.6 Å². The Bertz CT molecular complexity index is 458. The molecule has 1 rings (SSSR count). The maximum Gasteiger partial charge on any atom is 0.216 e. The van der Waals surface area contributed by atoms with Gasteiger partial charge in [0, 0.05) is 35.6 Å². The first-order valence-corrected chi connectivity index (χ1v) is 7.09. The molecule has 0 heterocycles. The molecular weight excluding hydrogens is 299 g/mol. The van der Waals surface area contributed by atoms with Crippen LogP contribution in [-0.2, 0) is 4.79 Å². The predicted molar refractivity (Wildman–Crippen MR) is 82.2 cm³/mol. The Labute approximate surface area is 129 Å². The number of aliphatic hydroxyl groups is 1. The molecule has 20 heavy (non-hydrogen) atoms. The van der Waals surface area contributed by atoms with E-state index in [-0.39, 0.29) is 11.4 Å². The molecule has 0 saturated heterocycles. The molecule has 6 heteroatoms. The Morgan fingerprint density at radius 1 is 1.30 bits per heavy atom. The second-order valence-electron chi connectivity index (χ2n) is 5.39. The van der Waals surface area contributed by atoms with Crippen LogP contribution in [0.25, 0.3) is 0 Å². The number of carbonyl (C=O) groups is 1. The molecule has 0 aliphatic rings. The lowest BCUT2D eigenvalue weighted by molar-refractivity contribution is -0.119. The van der Waals surface area contributed by atoms with Gasteiger partial charge < -0.3 is 15.7 Å². The number of benzene rings is 1. The number of β-amino-alcohol motifs (C(OH)–C–C–N with tert-alkyl or cyclic N) is 1. The summed E-state index contributed by atoms with van der Waals surface area (Å²) in [4.78, 5) is 10.9. The molecule has 4 nitrogen and oxygen atoms in total. The van der Waals surface area contributed by atoms with Gasteiger partial charge in [0.15, 0.2) is 0 Å². The highest BCUT2D eigenvalue weighted by Crippen LogP contribution is 2.23. The van der Waals surface area contributed by atoms with Gasteiger partial charge in [-0.3, -0.25) is 4.79 Å². The number of hydrogen-bond acceptors (Lipinski definition) is 3. The number of nitrogens with one attached hydrogen (secondary N) is 2. The van der Waals surface area contributed by atoms with E-state index in [0.29, 0.717) is 28.7 Å². The number of halogens is 2.